The van der Waals surface area contributed by atoms with Crippen LogP contribution >= 0.6 is 0 Å². The maximum atomic E-state index is 13.2. The second-order valence-corrected chi connectivity index (χ2v) is 7.13. The lowest BCUT2D eigenvalue weighted by molar-refractivity contribution is -0.118. The Kier molecular flexibility index (Phi) is 6.08. The van der Waals surface area contributed by atoms with Gasteiger partial charge in [-0.15, -0.1) is 0 Å². The zero-order valence-electron chi connectivity index (χ0n) is 14.8. The molecule has 1 heterocycles. The van der Waals surface area contributed by atoms with Crippen LogP contribution in [0, 0.1) is 0 Å². The molecule has 0 unspecified atom stereocenters. The molecule has 3 N–H and O–H groups in total. The first-order valence-corrected chi connectivity index (χ1v) is 9.30. The zero-order valence-corrected chi connectivity index (χ0v) is 14.8. The third-order valence-electron chi connectivity index (χ3n) is 5.23. The topological polar surface area (TPSA) is 81.7 Å². The number of nitrogens with one attached hydrogen (secondary N) is 2. The lowest BCUT2D eigenvalue weighted by Gasteiger charge is -2.29. The van der Waals surface area contributed by atoms with Crippen LogP contribution in [0.1, 0.15) is 36.8 Å². The van der Waals surface area contributed by atoms with E-state index in [0.717, 1.165) is 19.3 Å². The molecule has 3 rings (SSSR count). The maximum Gasteiger partial charge on any atom is 0.405 e. The molecule has 26 heavy (non-hydrogen) atoms. The minimum absolute atomic E-state index is 0.356. The molecule has 0 bridgehead atoms. The van der Waals surface area contributed by atoms with Crippen molar-refractivity contribution in [1.29, 1.82) is 0 Å². The summed E-state index contributed by atoms with van der Waals surface area (Å²) in [6.07, 6.45) is 2.61. The van der Waals surface area contributed by atoms with Crippen LogP contribution in [0.2, 0.25) is 0 Å². The number of fused-ring (bicyclic) bond motifs is 1. The molecule has 1 aromatic rings. The van der Waals surface area contributed by atoms with Crippen LogP contribution in [-0.2, 0) is 17.6 Å². The van der Waals surface area contributed by atoms with E-state index in [4.69, 9.17) is 5.11 Å². The maximum absolute atomic E-state index is 13.2. The molecule has 7 heteroatoms. The number of piperidine rings is 1. The largest absolute Gasteiger partial charge is 0.465 e. The van der Waals surface area contributed by atoms with E-state index in [9.17, 15) is 14.0 Å². The molecule has 0 radical (unpaired) electrons. The van der Waals surface area contributed by atoms with E-state index in [1.165, 1.54) is 11.1 Å². The van der Waals surface area contributed by atoms with Crippen molar-refractivity contribution in [2.75, 3.05) is 25.0 Å². The summed E-state index contributed by atoms with van der Waals surface area (Å²) < 4.78 is 13.2. The van der Waals surface area contributed by atoms with Crippen molar-refractivity contribution in [3.63, 3.8) is 0 Å². The van der Waals surface area contributed by atoms with E-state index in [-0.39, 0.29) is 5.91 Å². The molecule has 0 saturated carbocycles. The number of carbonyl (C=O) groups excluding carboxylic acids is 1. The molecule has 142 valence electrons. The van der Waals surface area contributed by atoms with Gasteiger partial charge in [0, 0.05) is 25.3 Å². The van der Waals surface area contributed by atoms with Gasteiger partial charge in [0.1, 0.15) is 12.2 Å². The molecule has 0 aromatic heterocycles. The number of likely N-dealkylation sites (tertiary alicyclic amines) is 1. The monoisotopic (exact) mass is 363 g/mol. The highest BCUT2D eigenvalue weighted by Gasteiger charge is 2.24. The lowest BCUT2D eigenvalue weighted by atomic mass is 10.1. The molecule has 1 fully saturated rings. The third-order valence-corrected chi connectivity index (χ3v) is 5.23. The molecule has 1 aromatic carbocycles. The van der Waals surface area contributed by atoms with Crippen molar-refractivity contribution in [2.24, 2.45) is 0 Å². The normalized spacial score (nSPS) is 19.0. The number of carbonyl (C=O) groups is 2. The van der Waals surface area contributed by atoms with Gasteiger partial charge in [0.2, 0.25) is 5.91 Å². The summed E-state index contributed by atoms with van der Waals surface area (Å²) in [6, 6.07) is 5.04. The lowest BCUT2D eigenvalue weighted by Crippen LogP contribution is -2.46. The molecule has 6 nitrogen and oxygen atoms in total. The summed E-state index contributed by atoms with van der Waals surface area (Å²) in [5.74, 6) is -0.356. The van der Waals surface area contributed by atoms with Gasteiger partial charge in [-0.2, -0.15) is 0 Å². The quantitative estimate of drug-likeness (QED) is 0.726. The first-order chi connectivity index (χ1) is 12.5. The van der Waals surface area contributed by atoms with Gasteiger partial charge in [0.25, 0.3) is 0 Å². The predicted molar refractivity (Wildman–Crippen MR) is 97.2 cm³/mol. The van der Waals surface area contributed by atoms with E-state index in [1.807, 2.05) is 18.2 Å². The predicted octanol–water partition coefficient (Wildman–Crippen LogP) is 2.57. The van der Waals surface area contributed by atoms with Crippen LogP contribution < -0.4 is 10.6 Å². The molecule has 2 aliphatic rings. The van der Waals surface area contributed by atoms with Crippen molar-refractivity contribution in [2.45, 2.75) is 50.7 Å². The van der Waals surface area contributed by atoms with Gasteiger partial charge < -0.3 is 20.6 Å². The number of carboxylic acid groups (broad SMARTS) is 1. The number of alkyl halides is 1. The number of nitrogens with zero attached hydrogens (tertiary/aromatic N) is 1. The molecule has 0 spiro atoms. The van der Waals surface area contributed by atoms with Crippen LogP contribution in [0.5, 0.6) is 0 Å². The minimum atomic E-state index is -1.22. The fourth-order valence-corrected chi connectivity index (χ4v) is 3.73. The van der Waals surface area contributed by atoms with Gasteiger partial charge in [-0.25, -0.2) is 9.18 Å². The molecule has 1 saturated heterocycles. The highest BCUT2D eigenvalue weighted by Crippen LogP contribution is 2.25. The number of halogens is 1. The number of anilines is 1. The van der Waals surface area contributed by atoms with E-state index < -0.39 is 18.3 Å². The van der Waals surface area contributed by atoms with Crippen LogP contribution in [0.15, 0.2) is 18.2 Å². The zero-order chi connectivity index (χ0) is 18.5. The number of hydrogen-bond acceptors (Lipinski definition) is 3. The number of benzene rings is 1. The summed E-state index contributed by atoms with van der Waals surface area (Å²) >= 11 is 0. The van der Waals surface area contributed by atoms with E-state index in [2.05, 4.69) is 15.5 Å². The van der Waals surface area contributed by atoms with Gasteiger partial charge in [0.05, 0.1) is 0 Å². The summed E-state index contributed by atoms with van der Waals surface area (Å²) in [7, 11) is 0. The number of hydrogen-bond donors (Lipinski definition) is 3. The van der Waals surface area contributed by atoms with Gasteiger partial charge in [-0.3, -0.25) is 4.79 Å². The number of amides is 2. The van der Waals surface area contributed by atoms with Crippen molar-refractivity contribution in [3.05, 3.63) is 29.3 Å². The highest BCUT2D eigenvalue weighted by molar-refractivity contribution is 5.96. The van der Waals surface area contributed by atoms with E-state index >= 15 is 0 Å². The summed E-state index contributed by atoms with van der Waals surface area (Å²) in [5.41, 5.74) is 3.27. The van der Waals surface area contributed by atoms with Crippen molar-refractivity contribution in [1.82, 2.24) is 10.2 Å². The average Bonchev–Trinajstić information content (AvgIpc) is 3.07. The van der Waals surface area contributed by atoms with Crippen LogP contribution in [0.25, 0.3) is 0 Å². The van der Waals surface area contributed by atoms with Gasteiger partial charge in [-0.1, -0.05) is 6.07 Å². The second-order valence-electron chi connectivity index (χ2n) is 7.13. The SMILES string of the molecule is O=C(O)N[C@@H](CCN1CCC(F)CC1)C(=O)Nc1ccc2c(c1)CCC2. The van der Waals surface area contributed by atoms with Gasteiger partial charge in [0.15, 0.2) is 0 Å². The summed E-state index contributed by atoms with van der Waals surface area (Å²) in [4.78, 5) is 25.7. The van der Waals surface area contributed by atoms with Crippen molar-refractivity contribution >= 4 is 17.7 Å². The second kappa shape index (κ2) is 8.49. The minimum Gasteiger partial charge on any atom is -0.465 e. The van der Waals surface area contributed by atoms with Crippen LogP contribution in [0.3, 0.4) is 0 Å². The first-order valence-electron chi connectivity index (χ1n) is 9.30. The number of aryl methyl sites for hydroxylation is 2. The van der Waals surface area contributed by atoms with E-state index in [0.29, 0.717) is 44.6 Å². The molecule has 1 aliphatic heterocycles. The molecule has 1 aliphatic carbocycles. The Labute approximate surface area is 152 Å². The molecular weight excluding hydrogens is 337 g/mol. The van der Waals surface area contributed by atoms with Crippen molar-refractivity contribution in [3.8, 4) is 0 Å². The van der Waals surface area contributed by atoms with E-state index in [1.54, 1.807) is 0 Å². The van der Waals surface area contributed by atoms with Gasteiger partial charge >= 0.3 is 6.09 Å². The standard InChI is InChI=1S/C19H26FN3O3/c20-15-6-9-23(10-7-15)11-8-17(22-19(25)26)18(24)21-16-5-4-13-2-1-3-14(13)12-16/h4-5,12,15,17,22H,1-3,6-11H2,(H,21,24)(H,25,26)/t17-/m0/s1. The fourth-order valence-electron chi connectivity index (χ4n) is 3.73. The highest BCUT2D eigenvalue weighted by atomic mass is 19.1. The molecule has 2 amide bonds. The van der Waals surface area contributed by atoms with Crippen molar-refractivity contribution < 1.29 is 19.1 Å². The Morgan fingerprint density at radius 2 is 1.96 bits per heavy atom. The Morgan fingerprint density at radius 1 is 1.23 bits per heavy atom. The Bertz CT molecular complexity index is 659. The van der Waals surface area contributed by atoms with Gasteiger partial charge in [-0.05, 0) is 61.8 Å². The summed E-state index contributed by atoms with van der Waals surface area (Å²) in [5, 5.41) is 14.2. The fraction of sp³-hybridized carbons (Fsp3) is 0.579. The number of rotatable bonds is 6. The first kappa shape index (κ1) is 18.6. The Morgan fingerprint density at radius 3 is 2.69 bits per heavy atom. The van der Waals surface area contributed by atoms with Crippen LogP contribution in [0.4, 0.5) is 14.9 Å². The molecule has 1 atom stereocenters. The molecular formula is C19H26FN3O3. The Hall–Kier alpha value is -2.15. The van der Waals surface area contributed by atoms with Crippen LogP contribution in [-0.4, -0.2) is 53.9 Å². The summed E-state index contributed by atoms with van der Waals surface area (Å²) in [6.45, 7) is 1.86. The average molecular weight is 363 g/mol. The smallest absolute Gasteiger partial charge is 0.405 e. The Balaban J connectivity index is 1.57. The third kappa shape index (κ3) is 4.94.